The Morgan fingerprint density at radius 3 is 2.33 bits per heavy atom. The smallest absolute Gasteiger partial charge is 0.326 e. The minimum absolute atomic E-state index is 0.161. The molecular weight excluding hydrogens is 275 g/mol. The van der Waals surface area contributed by atoms with Gasteiger partial charge in [0.05, 0.1) is 0 Å². The second-order valence-corrected chi connectivity index (χ2v) is 5.45. The summed E-state index contributed by atoms with van der Waals surface area (Å²) >= 11 is 0. The first-order valence-electron chi connectivity index (χ1n) is 6.78. The molecule has 1 unspecified atom stereocenters. The van der Waals surface area contributed by atoms with E-state index in [9.17, 15) is 14.0 Å². The average molecular weight is 296 g/mol. The number of carbonyl (C=O) groups excluding carboxylic acids is 1. The van der Waals surface area contributed by atoms with Gasteiger partial charge in [-0.3, -0.25) is 0 Å². The van der Waals surface area contributed by atoms with Gasteiger partial charge in [0.1, 0.15) is 11.9 Å². The molecule has 0 aliphatic heterocycles. The van der Waals surface area contributed by atoms with Crippen LogP contribution in [0.15, 0.2) is 24.3 Å². The van der Waals surface area contributed by atoms with Crippen LogP contribution < -0.4 is 5.32 Å². The molecule has 1 aromatic carbocycles. The number of carboxylic acid groups (broad SMARTS) is 1. The van der Waals surface area contributed by atoms with Crippen LogP contribution in [0.3, 0.4) is 0 Å². The van der Waals surface area contributed by atoms with E-state index in [1.165, 1.54) is 17.0 Å². The summed E-state index contributed by atoms with van der Waals surface area (Å²) in [6.07, 6.45) is 0.367. The molecule has 0 radical (unpaired) electrons. The highest BCUT2D eigenvalue weighted by molar-refractivity contribution is 5.82. The molecule has 0 aliphatic rings. The highest BCUT2D eigenvalue weighted by Crippen LogP contribution is 2.08. The number of aliphatic carboxylic acids is 1. The van der Waals surface area contributed by atoms with Gasteiger partial charge in [0.15, 0.2) is 0 Å². The second kappa shape index (κ2) is 7.61. The predicted molar refractivity (Wildman–Crippen MR) is 77.3 cm³/mol. The highest BCUT2D eigenvalue weighted by Gasteiger charge is 2.22. The van der Waals surface area contributed by atoms with Gasteiger partial charge in [0.25, 0.3) is 0 Å². The van der Waals surface area contributed by atoms with Gasteiger partial charge in [0, 0.05) is 13.6 Å². The fourth-order valence-corrected chi connectivity index (χ4v) is 1.89. The first-order chi connectivity index (χ1) is 9.79. The Balaban J connectivity index is 2.60. The van der Waals surface area contributed by atoms with Crippen LogP contribution in [0.2, 0.25) is 0 Å². The molecule has 0 bridgehead atoms. The van der Waals surface area contributed by atoms with Crippen LogP contribution in [0.4, 0.5) is 9.18 Å². The van der Waals surface area contributed by atoms with Crippen molar-refractivity contribution < 1.29 is 19.1 Å². The van der Waals surface area contributed by atoms with Gasteiger partial charge in [-0.15, -0.1) is 0 Å². The molecule has 1 atom stereocenters. The zero-order chi connectivity index (χ0) is 16.0. The molecule has 21 heavy (non-hydrogen) atoms. The molecule has 0 saturated carbocycles. The molecule has 5 nitrogen and oxygen atoms in total. The first kappa shape index (κ1) is 16.9. The quantitative estimate of drug-likeness (QED) is 0.847. The molecule has 0 heterocycles. The lowest BCUT2D eigenvalue weighted by Gasteiger charge is -2.22. The van der Waals surface area contributed by atoms with E-state index < -0.39 is 18.0 Å². The van der Waals surface area contributed by atoms with Crippen molar-refractivity contribution in [3.05, 3.63) is 35.6 Å². The molecule has 116 valence electrons. The third kappa shape index (κ3) is 5.81. The predicted octanol–water partition coefficient (Wildman–Crippen LogP) is 2.47. The number of nitrogens with one attached hydrogen (secondary N) is 1. The monoisotopic (exact) mass is 296 g/mol. The molecule has 6 heteroatoms. The Labute approximate surface area is 123 Å². The third-order valence-electron chi connectivity index (χ3n) is 2.98. The summed E-state index contributed by atoms with van der Waals surface area (Å²) in [5, 5.41) is 11.6. The number of benzene rings is 1. The topological polar surface area (TPSA) is 69.6 Å². The molecule has 2 amide bonds. The van der Waals surface area contributed by atoms with Crippen molar-refractivity contribution in [3.8, 4) is 0 Å². The van der Waals surface area contributed by atoms with E-state index in [0.717, 1.165) is 5.56 Å². The average Bonchev–Trinajstić information content (AvgIpc) is 2.39. The van der Waals surface area contributed by atoms with Gasteiger partial charge >= 0.3 is 12.0 Å². The third-order valence-corrected chi connectivity index (χ3v) is 2.98. The van der Waals surface area contributed by atoms with E-state index in [1.807, 2.05) is 13.8 Å². The number of urea groups is 1. The summed E-state index contributed by atoms with van der Waals surface area (Å²) in [6, 6.07) is 4.43. The summed E-state index contributed by atoms with van der Waals surface area (Å²) < 4.78 is 12.8. The Hall–Kier alpha value is -2.11. The van der Waals surface area contributed by atoms with Crippen molar-refractivity contribution >= 4 is 12.0 Å². The number of halogens is 1. The van der Waals surface area contributed by atoms with Crippen molar-refractivity contribution in [3.63, 3.8) is 0 Å². The van der Waals surface area contributed by atoms with E-state index in [4.69, 9.17) is 5.11 Å². The lowest BCUT2D eigenvalue weighted by molar-refractivity contribution is -0.139. The van der Waals surface area contributed by atoms with Gasteiger partial charge in [-0.05, 0) is 30.0 Å². The number of hydrogen-bond acceptors (Lipinski definition) is 2. The van der Waals surface area contributed by atoms with Crippen LogP contribution in [0.1, 0.15) is 25.8 Å². The normalized spacial score (nSPS) is 12.0. The van der Waals surface area contributed by atoms with Crippen molar-refractivity contribution in [2.75, 3.05) is 7.05 Å². The molecule has 2 N–H and O–H groups in total. The van der Waals surface area contributed by atoms with Crippen LogP contribution in [0.5, 0.6) is 0 Å². The highest BCUT2D eigenvalue weighted by atomic mass is 19.1. The number of nitrogens with zero attached hydrogens (tertiary/aromatic N) is 1. The number of carboxylic acids is 1. The van der Waals surface area contributed by atoms with E-state index in [-0.39, 0.29) is 18.3 Å². The Kier molecular flexibility index (Phi) is 6.14. The number of amides is 2. The van der Waals surface area contributed by atoms with Gasteiger partial charge in [-0.25, -0.2) is 14.0 Å². The van der Waals surface area contributed by atoms with Gasteiger partial charge < -0.3 is 15.3 Å². The molecule has 0 saturated heterocycles. The zero-order valence-electron chi connectivity index (χ0n) is 12.5. The van der Waals surface area contributed by atoms with Crippen LogP contribution in [-0.4, -0.2) is 35.1 Å². The van der Waals surface area contributed by atoms with E-state index in [0.29, 0.717) is 6.42 Å². The Bertz CT molecular complexity index is 488. The maximum atomic E-state index is 12.8. The molecule has 0 spiro atoms. The van der Waals surface area contributed by atoms with Crippen molar-refractivity contribution in [1.29, 1.82) is 0 Å². The SMILES string of the molecule is CC(C)CC(NC(=O)N(C)Cc1ccc(F)cc1)C(=O)O. The van der Waals surface area contributed by atoms with E-state index in [1.54, 1.807) is 19.2 Å². The van der Waals surface area contributed by atoms with Crippen LogP contribution in [0.25, 0.3) is 0 Å². The summed E-state index contributed by atoms with van der Waals surface area (Å²) in [7, 11) is 1.56. The van der Waals surface area contributed by atoms with Gasteiger partial charge in [-0.2, -0.15) is 0 Å². The van der Waals surface area contributed by atoms with Gasteiger partial charge in [0.2, 0.25) is 0 Å². The minimum atomic E-state index is -1.05. The molecule has 0 aliphatic carbocycles. The molecule has 1 aromatic rings. The largest absolute Gasteiger partial charge is 0.480 e. The van der Waals surface area contributed by atoms with E-state index >= 15 is 0 Å². The molecule has 1 rings (SSSR count). The summed E-state index contributed by atoms with van der Waals surface area (Å²) in [5.74, 6) is -1.23. The maximum Gasteiger partial charge on any atom is 0.326 e. The lowest BCUT2D eigenvalue weighted by Crippen LogP contribution is -2.46. The maximum absolute atomic E-state index is 12.8. The summed E-state index contributed by atoms with van der Waals surface area (Å²) in [5.41, 5.74) is 0.768. The molecular formula is C15H21FN2O3. The van der Waals surface area contributed by atoms with Crippen molar-refractivity contribution in [1.82, 2.24) is 10.2 Å². The number of carbonyl (C=O) groups is 2. The summed E-state index contributed by atoms with van der Waals surface area (Å²) in [6.45, 7) is 4.06. The Morgan fingerprint density at radius 1 is 1.29 bits per heavy atom. The fourth-order valence-electron chi connectivity index (χ4n) is 1.89. The van der Waals surface area contributed by atoms with Crippen LogP contribution in [-0.2, 0) is 11.3 Å². The van der Waals surface area contributed by atoms with Crippen LogP contribution >= 0.6 is 0 Å². The van der Waals surface area contributed by atoms with Crippen molar-refractivity contribution in [2.45, 2.75) is 32.9 Å². The second-order valence-electron chi connectivity index (χ2n) is 5.45. The van der Waals surface area contributed by atoms with Crippen molar-refractivity contribution in [2.24, 2.45) is 5.92 Å². The summed E-state index contributed by atoms with van der Waals surface area (Å²) in [4.78, 5) is 24.5. The standard InChI is InChI=1S/C15H21FN2O3/c1-10(2)8-13(14(19)20)17-15(21)18(3)9-11-4-6-12(16)7-5-11/h4-7,10,13H,8-9H2,1-3H3,(H,17,21)(H,19,20). The molecule has 0 aromatic heterocycles. The Morgan fingerprint density at radius 2 is 1.86 bits per heavy atom. The van der Waals surface area contributed by atoms with Gasteiger partial charge in [-0.1, -0.05) is 26.0 Å². The molecule has 0 fully saturated rings. The minimum Gasteiger partial charge on any atom is -0.480 e. The first-order valence-corrected chi connectivity index (χ1v) is 6.78. The number of rotatable bonds is 6. The van der Waals surface area contributed by atoms with Crippen LogP contribution in [0, 0.1) is 11.7 Å². The fraction of sp³-hybridized carbons (Fsp3) is 0.467. The zero-order valence-corrected chi connectivity index (χ0v) is 12.5. The van der Waals surface area contributed by atoms with E-state index in [2.05, 4.69) is 5.32 Å². The number of hydrogen-bond donors (Lipinski definition) is 2. The lowest BCUT2D eigenvalue weighted by atomic mass is 10.0.